The Labute approximate surface area is 296 Å². The molecule has 0 aliphatic carbocycles. The average molecular weight is 716 g/mol. The molecule has 3 amide bonds. The molecule has 6 N–H and O–H groups in total. The van der Waals surface area contributed by atoms with Gasteiger partial charge in [0.15, 0.2) is 17.2 Å². The van der Waals surface area contributed by atoms with Crippen LogP contribution in [0.1, 0.15) is 31.1 Å². The Hall–Kier alpha value is -5.82. The van der Waals surface area contributed by atoms with E-state index in [1.165, 1.54) is 36.8 Å². The van der Waals surface area contributed by atoms with Gasteiger partial charge >= 0.3 is 17.1 Å². The van der Waals surface area contributed by atoms with Crippen molar-refractivity contribution in [2.45, 2.75) is 0 Å². The molecule has 50 heavy (non-hydrogen) atoms. The number of amides is 3. The number of aromatic nitrogens is 3. The Bertz CT molecular complexity index is 1950. The van der Waals surface area contributed by atoms with Crippen LogP contribution >= 0.6 is 0 Å². The third-order valence-electron chi connectivity index (χ3n) is 8.12. The standard InChI is InChI=1S/C36H33N7O6.Fe/c44-31-25(10-7-22-4-1-13-37-28(22)31)34(47)40-16-19-43(20-17-41-35(48)26-11-8-23-5-2-14-38-29(23)32(26)45)21-18-42-36(49)27-12-9-24-6-3-15-39-30(24)33(27)46;/h1-15,44-46H,16-21H2,(H,40,47)(H,41,48)(H,42,49);/q;+3. The summed E-state index contributed by atoms with van der Waals surface area (Å²) in [5.41, 5.74) is 1.24. The number of pyridine rings is 3. The van der Waals surface area contributed by atoms with Crippen molar-refractivity contribution in [1.29, 1.82) is 0 Å². The number of phenolic OH excluding ortho intramolecular Hbond substituents is 3. The van der Waals surface area contributed by atoms with Gasteiger partial charge in [0.25, 0.3) is 17.7 Å². The summed E-state index contributed by atoms with van der Waals surface area (Å²) in [7, 11) is 0. The molecule has 0 saturated heterocycles. The second-order valence-electron chi connectivity index (χ2n) is 11.2. The number of rotatable bonds is 12. The maximum Gasteiger partial charge on any atom is 3.00 e. The van der Waals surface area contributed by atoms with Crippen LogP contribution in [0.2, 0.25) is 0 Å². The second kappa shape index (κ2) is 16.1. The van der Waals surface area contributed by atoms with Crippen LogP contribution in [0.4, 0.5) is 0 Å². The zero-order valence-electron chi connectivity index (χ0n) is 26.6. The van der Waals surface area contributed by atoms with E-state index < -0.39 is 17.7 Å². The average Bonchev–Trinajstić information content (AvgIpc) is 3.12. The number of hydrogen-bond acceptors (Lipinski definition) is 10. The van der Waals surface area contributed by atoms with Gasteiger partial charge in [-0.05, 0) is 36.4 Å². The summed E-state index contributed by atoms with van der Waals surface area (Å²) in [4.78, 5) is 53.3. The molecule has 0 aliphatic rings. The minimum Gasteiger partial charge on any atom is -0.505 e. The third-order valence-corrected chi connectivity index (χ3v) is 8.12. The summed E-state index contributed by atoms with van der Waals surface area (Å²) in [5, 5.41) is 42.5. The van der Waals surface area contributed by atoms with Crippen LogP contribution in [0.5, 0.6) is 17.2 Å². The van der Waals surface area contributed by atoms with Gasteiger partial charge in [-0.25, -0.2) is 0 Å². The van der Waals surface area contributed by atoms with E-state index in [0.29, 0.717) is 52.3 Å². The number of fused-ring (bicyclic) bond motifs is 3. The van der Waals surface area contributed by atoms with Crippen molar-refractivity contribution in [2.75, 3.05) is 39.3 Å². The monoisotopic (exact) mass is 715 g/mol. The van der Waals surface area contributed by atoms with Gasteiger partial charge in [-0.15, -0.1) is 0 Å². The molecule has 3 aromatic carbocycles. The molecule has 6 aromatic rings. The second-order valence-corrected chi connectivity index (χ2v) is 11.2. The van der Waals surface area contributed by atoms with E-state index in [1.54, 1.807) is 54.6 Å². The topological polar surface area (TPSA) is 190 Å². The minimum atomic E-state index is -0.479. The predicted molar refractivity (Wildman–Crippen MR) is 184 cm³/mol. The summed E-state index contributed by atoms with van der Waals surface area (Å²) >= 11 is 0. The fourth-order valence-electron chi connectivity index (χ4n) is 5.54. The minimum absolute atomic E-state index is 0. The number of hydrogen-bond donors (Lipinski definition) is 6. The first-order chi connectivity index (χ1) is 23.8. The largest absolute Gasteiger partial charge is 3.00 e. The zero-order chi connectivity index (χ0) is 34.3. The maximum atomic E-state index is 13.0. The van der Waals surface area contributed by atoms with Gasteiger partial charge in [-0.3, -0.25) is 34.2 Å². The van der Waals surface area contributed by atoms with Crippen LogP contribution in [0.15, 0.2) is 91.4 Å². The van der Waals surface area contributed by atoms with Crippen molar-refractivity contribution in [3.05, 3.63) is 108 Å². The number of carbonyl (C=O) groups excluding carboxylic acids is 3. The number of nitrogens with one attached hydrogen (secondary N) is 3. The molecule has 0 unspecified atom stereocenters. The smallest absolute Gasteiger partial charge is 0.505 e. The summed E-state index contributed by atoms with van der Waals surface area (Å²) in [5.74, 6) is -2.07. The molecule has 3 aromatic heterocycles. The van der Waals surface area contributed by atoms with Crippen LogP contribution < -0.4 is 16.0 Å². The van der Waals surface area contributed by atoms with Crippen molar-refractivity contribution in [3.63, 3.8) is 0 Å². The normalized spacial score (nSPS) is 11.0. The number of aromatic hydroxyl groups is 3. The van der Waals surface area contributed by atoms with Crippen LogP contribution in [0, 0.1) is 0 Å². The van der Waals surface area contributed by atoms with Crippen LogP contribution in [0.25, 0.3) is 32.7 Å². The molecular weight excluding hydrogens is 682 g/mol. The van der Waals surface area contributed by atoms with Gasteiger partial charge in [-0.1, -0.05) is 36.4 Å². The van der Waals surface area contributed by atoms with Crippen molar-refractivity contribution >= 4 is 50.4 Å². The maximum absolute atomic E-state index is 13.0. The van der Waals surface area contributed by atoms with E-state index >= 15 is 0 Å². The van der Waals surface area contributed by atoms with Gasteiger partial charge < -0.3 is 31.3 Å². The van der Waals surface area contributed by atoms with E-state index in [0.717, 1.165) is 0 Å². The summed E-state index contributed by atoms with van der Waals surface area (Å²) in [6, 6.07) is 20.3. The molecule has 6 rings (SSSR count). The van der Waals surface area contributed by atoms with Crippen LogP contribution in [0.3, 0.4) is 0 Å². The van der Waals surface area contributed by atoms with Crippen LogP contribution in [-0.2, 0) is 17.1 Å². The SMILES string of the molecule is O=C(NCCN(CCNC(=O)c1ccc2cccnc2c1O)CCNC(=O)c1ccc2cccnc2c1O)c1ccc2cccnc2c1O.[Fe+3]. The number of phenols is 3. The zero-order valence-corrected chi connectivity index (χ0v) is 27.7. The van der Waals surface area contributed by atoms with E-state index in [-0.39, 0.29) is 70.6 Å². The Morgan fingerprint density at radius 3 is 1.10 bits per heavy atom. The quantitative estimate of drug-likeness (QED) is 0.103. The van der Waals surface area contributed by atoms with Crippen molar-refractivity contribution in [1.82, 2.24) is 35.8 Å². The molecule has 14 heteroatoms. The van der Waals surface area contributed by atoms with Gasteiger partial charge in [-0.2, -0.15) is 0 Å². The molecule has 0 atom stereocenters. The Kier molecular flexibility index (Phi) is 11.4. The molecule has 1 radical (unpaired) electrons. The van der Waals surface area contributed by atoms with Crippen molar-refractivity contribution in [2.24, 2.45) is 0 Å². The van der Waals surface area contributed by atoms with Gasteiger partial charge in [0.2, 0.25) is 0 Å². The van der Waals surface area contributed by atoms with E-state index in [2.05, 4.69) is 30.9 Å². The molecule has 253 valence electrons. The molecule has 0 aliphatic heterocycles. The molecular formula is C36H33FeN7O6+3. The van der Waals surface area contributed by atoms with E-state index in [1.807, 2.05) is 4.90 Å². The summed E-state index contributed by atoms with van der Waals surface area (Å²) < 4.78 is 0. The number of nitrogens with zero attached hydrogens (tertiary/aromatic N) is 4. The van der Waals surface area contributed by atoms with Gasteiger partial charge in [0.05, 0.1) is 16.7 Å². The van der Waals surface area contributed by atoms with Gasteiger partial charge in [0.1, 0.15) is 16.6 Å². The Morgan fingerprint density at radius 1 is 0.500 bits per heavy atom. The molecule has 3 heterocycles. The van der Waals surface area contributed by atoms with Gasteiger partial charge in [0, 0.05) is 74.0 Å². The first kappa shape index (κ1) is 35.5. The Morgan fingerprint density at radius 2 is 0.800 bits per heavy atom. The van der Waals surface area contributed by atoms with Crippen LogP contribution in [-0.4, -0.2) is 92.2 Å². The fraction of sp³-hybridized carbons (Fsp3) is 0.167. The van der Waals surface area contributed by atoms with Crippen molar-refractivity contribution in [3.8, 4) is 17.2 Å². The molecule has 0 spiro atoms. The molecule has 0 bridgehead atoms. The summed E-state index contributed by atoms with van der Waals surface area (Å²) in [6.45, 7) is 1.57. The first-order valence-corrected chi connectivity index (χ1v) is 15.6. The molecule has 0 fully saturated rings. The number of carbonyl (C=O) groups is 3. The first-order valence-electron chi connectivity index (χ1n) is 15.6. The fourth-order valence-corrected chi connectivity index (χ4v) is 5.54. The summed E-state index contributed by atoms with van der Waals surface area (Å²) in [6.07, 6.45) is 4.61. The molecule has 13 nitrogen and oxygen atoms in total. The van der Waals surface area contributed by atoms with E-state index in [9.17, 15) is 29.7 Å². The van der Waals surface area contributed by atoms with E-state index in [4.69, 9.17) is 0 Å². The third kappa shape index (κ3) is 7.73. The molecule has 0 saturated carbocycles. The van der Waals surface area contributed by atoms with Crippen molar-refractivity contribution < 1.29 is 46.8 Å². The number of benzene rings is 3. The Balaban J connectivity index is 0.00000486. The predicted octanol–water partition coefficient (Wildman–Crippen LogP) is 3.34.